The van der Waals surface area contributed by atoms with E-state index in [1.807, 2.05) is 66.7 Å². The van der Waals surface area contributed by atoms with Gasteiger partial charge < -0.3 is 24.9 Å². The van der Waals surface area contributed by atoms with Crippen LogP contribution in [0.5, 0.6) is 0 Å². The summed E-state index contributed by atoms with van der Waals surface area (Å²) in [5.41, 5.74) is 4.22. The number of hydrogen-bond donors (Lipinski definition) is 3. The summed E-state index contributed by atoms with van der Waals surface area (Å²) < 4.78 is 13.3. The molecule has 4 aliphatic carbocycles. The van der Waals surface area contributed by atoms with Crippen LogP contribution in [0.3, 0.4) is 0 Å². The predicted octanol–water partition coefficient (Wildman–Crippen LogP) is 6.12. The molecular formula is C38H43BN4O4. The molecule has 6 atom stereocenters. The third kappa shape index (κ3) is 5.89. The molecular weight excluding hydrogens is 587 g/mol. The van der Waals surface area contributed by atoms with Crippen LogP contribution in [0, 0.1) is 23.2 Å². The standard InChI is InChI=1S/C38H43BN4O4/c1-38(2)27-21-28(38)34-32(22-27)46-39(47-34)33(19-24-12-9-13-24)43-37(45)31(18-23-10-5-3-6-11-23)42-36(44)26-16-17-29-30(20-26)41-35(40-29)25-14-7-4-8-15-25/h3-8,10-11,14-17,20,24,27-28,31-34H,9,12-13,18-19,21-22H2,1-2H3,(H,40,41)(H,42,44)(H,43,45)/t27-,28+,31-,32?,33?,34?/m0/s1. The highest BCUT2D eigenvalue weighted by Crippen LogP contribution is 2.61. The number of carbonyl (C=O) groups is 2. The minimum absolute atomic E-state index is 0.0837. The molecule has 2 heterocycles. The summed E-state index contributed by atoms with van der Waals surface area (Å²) in [4.78, 5) is 36.0. The maximum absolute atomic E-state index is 14.2. The number of hydrogen-bond acceptors (Lipinski definition) is 5. The topological polar surface area (TPSA) is 105 Å². The SMILES string of the molecule is CC1(C)[C@@H]2CC3OB(C(CC4CCC4)NC(=O)[C@H](Cc4ccccc4)NC(=O)c4ccc5nc(-c6ccccc6)[nH]c5c4)OC3[C@H]1C2. The number of H-pyrrole nitrogens is 1. The summed E-state index contributed by atoms with van der Waals surface area (Å²) in [5.74, 6) is 1.66. The third-order valence-corrected chi connectivity index (χ3v) is 11.6. The highest BCUT2D eigenvalue weighted by atomic mass is 16.7. The molecule has 5 fully saturated rings. The van der Waals surface area contributed by atoms with Crippen molar-refractivity contribution in [2.24, 2.45) is 23.2 Å². The van der Waals surface area contributed by atoms with Gasteiger partial charge in [0.25, 0.3) is 5.91 Å². The van der Waals surface area contributed by atoms with Crippen LogP contribution in [0.15, 0.2) is 78.9 Å². The fourth-order valence-electron chi connectivity index (χ4n) is 8.35. The predicted molar refractivity (Wildman–Crippen MR) is 182 cm³/mol. The number of benzene rings is 3. The number of fused-ring (bicyclic) bond motifs is 1. The number of aromatic amines is 1. The Kier molecular flexibility index (Phi) is 7.92. The van der Waals surface area contributed by atoms with Crippen LogP contribution in [-0.2, 0) is 20.5 Å². The molecule has 9 rings (SSSR count). The molecule has 1 saturated heterocycles. The molecule has 47 heavy (non-hydrogen) atoms. The second-order valence-corrected chi connectivity index (χ2v) is 14.8. The molecule has 4 saturated carbocycles. The molecule has 0 radical (unpaired) electrons. The summed E-state index contributed by atoms with van der Waals surface area (Å²) >= 11 is 0. The van der Waals surface area contributed by atoms with Gasteiger partial charge in [-0.05, 0) is 66.2 Å². The molecule has 0 spiro atoms. The normalized spacial score (nSPS) is 25.7. The van der Waals surface area contributed by atoms with E-state index >= 15 is 0 Å². The molecule has 9 heteroatoms. The van der Waals surface area contributed by atoms with Gasteiger partial charge in [0.05, 0.1) is 29.2 Å². The summed E-state index contributed by atoms with van der Waals surface area (Å²) in [5, 5.41) is 6.39. The second-order valence-electron chi connectivity index (χ2n) is 14.8. The van der Waals surface area contributed by atoms with Crippen molar-refractivity contribution in [3.63, 3.8) is 0 Å². The Morgan fingerprint density at radius 1 is 0.979 bits per heavy atom. The fraction of sp³-hybridized carbons (Fsp3) is 0.447. The number of imidazole rings is 1. The van der Waals surface area contributed by atoms with E-state index in [4.69, 9.17) is 14.3 Å². The van der Waals surface area contributed by atoms with E-state index in [-0.39, 0.29) is 35.4 Å². The van der Waals surface area contributed by atoms with E-state index in [0.717, 1.165) is 53.7 Å². The zero-order valence-electron chi connectivity index (χ0n) is 27.2. The highest BCUT2D eigenvalue weighted by Gasteiger charge is 2.63. The molecule has 2 amide bonds. The van der Waals surface area contributed by atoms with Crippen molar-refractivity contribution in [2.45, 2.75) is 83.0 Å². The number of nitrogens with one attached hydrogen (secondary N) is 3. The summed E-state index contributed by atoms with van der Waals surface area (Å²) in [6.45, 7) is 4.71. The van der Waals surface area contributed by atoms with Gasteiger partial charge in [0.1, 0.15) is 11.9 Å². The van der Waals surface area contributed by atoms with Gasteiger partial charge in [0, 0.05) is 17.5 Å². The molecule has 1 aliphatic heterocycles. The lowest BCUT2D eigenvalue weighted by Crippen LogP contribution is -2.59. The van der Waals surface area contributed by atoms with Crippen molar-refractivity contribution >= 4 is 30.0 Å². The van der Waals surface area contributed by atoms with Gasteiger partial charge in [0.2, 0.25) is 5.91 Å². The molecule has 5 aliphatic rings. The van der Waals surface area contributed by atoms with Crippen LogP contribution in [0.25, 0.3) is 22.4 Å². The van der Waals surface area contributed by atoms with E-state index in [0.29, 0.717) is 29.7 Å². The van der Waals surface area contributed by atoms with Gasteiger partial charge >= 0.3 is 7.12 Å². The van der Waals surface area contributed by atoms with Crippen molar-refractivity contribution in [2.75, 3.05) is 0 Å². The Morgan fingerprint density at radius 3 is 2.47 bits per heavy atom. The quantitative estimate of drug-likeness (QED) is 0.183. The van der Waals surface area contributed by atoms with Crippen LogP contribution >= 0.6 is 0 Å². The van der Waals surface area contributed by atoms with Gasteiger partial charge in [-0.3, -0.25) is 9.59 Å². The smallest absolute Gasteiger partial charge is 0.404 e. The van der Waals surface area contributed by atoms with E-state index < -0.39 is 13.2 Å². The summed E-state index contributed by atoms with van der Waals surface area (Å²) in [6, 6.07) is 24.4. The van der Waals surface area contributed by atoms with Gasteiger partial charge in [-0.1, -0.05) is 93.8 Å². The molecule has 4 aromatic rings. The number of nitrogens with zero attached hydrogens (tertiary/aromatic N) is 1. The Balaban J connectivity index is 1.01. The van der Waals surface area contributed by atoms with Crippen LogP contribution in [0.4, 0.5) is 0 Å². The Bertz CT molecular complexity index is 1760. The molecule has 8 nitrogen and oxygen atoms in total. The average Bonchev–Trinajstić information content (AvgIpc) is 3.70. The van der Waals surface area contributed by atoms with E-state index in [2.05, 4.69) is 29.5 Å². The summed E-state index contributed by atoms with van der Waals surface area (Å²) in [6.07, 6.45) is 7.14. The molecule has 1 aromatic heterocycles. The van der Waals surface area contributed by atoms with Crippen molar-refractivity contribution in [3.8, 4) is 11.4 Å². The lowest BCUT2D eigenvalue weighted by Gasteiger charge is -2.60. The minimum Gasteiger partial charge on any atom is -0.404 e. The number of amides is 2. The Hall–Kier alpha value is -3.95. The van der Waals surface area contributed by atoms with E-state index in [9.17, 15) is 9.59 Å². The average molecular weight is 631 g/mol. The first-order valence-corrected chi connectivity index (χ1v) is 17.3. The first-order valence-electron chi connectivity index (χ1n) is 17.3. The fourth-order valence-corrected chi connectivity index (χ4v) is 8.35. The van der Waals surface area contributed by atoms with Crippen LogP contribution in [-0.4, -0.2) is 53.1 Å². The number of rotatable bonds is 10. The van der Waals surface area contributed by atoms with Crippen molar-refractivity contribution in [3.05, 3.63) is 90.0 Å². The van der Waals surface area contributed by atoms with Crippen molar-refractivity contribution < 1.29 is 18.9 Å². The molecule has 3 N–H and O–H groups in total. The van der Waals surface area contributed by atoms with Crippen LogP contribution in [0.1, 0.15) is 68.3 Å². The van der Waals surface area contributed by atoms with Crippen molar-refractivity contribution in [1.82, 2.24) is 20.6 Å². The van der Waals surface area contributed by atoms with Gasteiger partial charge in [-0.15, -0.1) is 0 Å². The third-order valence-electron chi connectivity index (χ3n) is 11.6. The largest absolute Gasteiger partial charge is 0.481 e. The zero-order valence-corrected chi connectivity index (χ0v) is 27.2. The first-order chi connectivity index (χ1) is 22.8. The zero-order chi connectivity index (χ0) is 32.1. The molecule has 2 bridgehead atoms. The number of aromatic nitrogens is 2. The Morgan fingerprint density at radius 2 is 1.74 bits per heavy atom. The molecule has 3 aromatic carbocycles. The first kappa shape index (κ1) is 30.4. The van der Waals surface area contributed by atoms with Gasteiger partial charge in [-0.25, -0.2) is 4.98 Å². The van der Waals surface area contributed by atoms with Gasteiger partial charge in [0.15, 0.2) is 0 Å². The van der Waals surface area contributed by atoms with Crippen LogP contribution in [0.2, 0.25) is 0 Å². The van der Waals surface area contributed by atoms with E-state index in [1.54, 1.807) is 12.1 Å². The summed E-state index contributed by atoms with van der Waals surface area (Å²) in [7, 11) is -0.473. The van der Waals surface area contributed by atoms with E-state index in [1.165, 1.54) is 12.8 Å². The lowest BCUT2D eigenvalue weighted by atomic mass is 9.47. The minimum atomic E-state index is -0.776. The van der Waals surface area contributed by atoms with Crippen LogP contribution < -0.4 is 10.6 Å². The lowest BCUT2D eigenvalue weighted by molar-refractivity contribution is -0.150. The number of carbonyl (C=O) groups excluding carboxylic acids is 2. The Labute approximate surface area is 276 Å². The highest BCUT2D eigenvalue weighted by molar-refractivity contribution is 6.47. The van der Waals surface area contributed by atoms with Gasteiger partial charge in [-0.2, -0.15) is 0 Å². The molecule has 3 unspecified atom stereocenters. The maximum Gasteiger partial charge on any atom is 0.481 e. The monoisotopic (exact) mass is 630 g/mol. The van der Waals surface area contributed by atoms with Crippen molar-refractivity contribution in [1.29, 1.82) is 0 Å². The second kappa shape index (κ2) is 12.3. The maximum atomic E-state index is 14.2. The molecule has 242 valence electrons.